The van der Waals surface area contributed by atoms with Gasteiger partial charge in [-0.3, -0.25) is 4.99 Å². The van der Waals surface area contributed by atoms with Crippen molar-refractivity contribution in [1.29, 1.82) is 0 Å². The topological polar surface area (TPSA) is 59.0 Å². The molecule has 0 amide bonds. The Kier molecular flexibility index (Phi) is 8.88. The number of aliphatic imine (C=N–C) groups is 1. The number of ether oxygens (including phenoxy) is 2. The number of nitrogens with one attached hydrogen (secondary N) is 1. The van der Waals surface area contributed by atoms with Gasteiger partial charge < -0.3 is 19.7 Å². The molecule has 3 heterocycles. The number of aryl methyl sites for hydroxylation is 1. The lowest BCUT2D eigenvalue weighted by atomic mass is 10.1. The summed E-state index contributed by atoms with van der Waals surface area (Å²) in [5.41, 5.74) is 0. The van der Waals surface area contributed by atoms with E-state index in [1.165, 1.54) is 11.3 Å². The maximum Gasteiger partial charge on any atom is 0.193 e. The number of likely N-dealkylation sites (tertiary alicyclic amines) is 1. The van der Waals surface area contributed by atoms with Crippen LogP contribution in [0.25, 0.3) is 0 Å². The number of nitrogens with zero attached hydrogens (tertiary/aromatic N) is 3. The molecule has 142 valence electrons. The first-order valence-corrected chi connectivity index (χ1v) is 9.66. The Morgan fingerprint density at radius 3 is 2.84 bits per heavy atom. The van der Waals surface area contributed by atoms with Crippen molar-refractivity contribution < 1.29 is 9.47 Å². The lowest BCUT2D eigenvalue weighted by Crippen LogP contribution is -2.47. The number of halogens is 1. The van der Waals surface area contributed by atoms with E-state index in [4.69, 9.17) is 9.47 Å². The molecule has 1 N–H and O–H groups in total. The summed E-state index contributed by atoms with van der Waals surface area (Å²) in [5.74, 6) is 0.959. The summed E-state index contributed by atoms with van der Waals surface area (Å²) in [5, 5.41) is 4.52. The van der Waals surface area contributed by atoms with Crippen molar-refractivity contribution in [3.8, 4) is 0 Å². The molecule has 2 aliphatic rings. The number of hydrogen-bond acceptors (Lipinski definition) is 5. The van der Waals surface area contributed by atoms with Crippen LogP contribution in [0.1, 0.15) is 35.6 Å². The third-order valence-electron chi connectivity index (χ3n) is 4.56. The fraction of sp³-hybridized carbons (Fsp3) is 0.765. The van der Waals surface area contributed by atoms with E-state index < -0.39 is 0 Å². The summed E-state index contributed by atoms with van der Waals surface area (Å²) in [6.45, 7) is 6.42. The van der Waals surface area contributed by atoms with Crippen molar-refractivity contribution in [3.63, 3.8) is 0 Å². The maximum atomic E-state index is 6.04. The zero-order valence-corrected chi connectivity index (χ0v) is 18.2. The minimum Gasteiger partial charge on any atom is -0.376 e. The Morgan fingerprint density at radius 1 is 1.44 bits per heavy atom. The molecule has 0 bridgehead atoms. The highest BCUT2D eigenvalue weighted by atomic mass is 127. The lowest BCUT2D eigenvalue weighted by Gasteiger charge is -2.34. The molecule has 0 saturated carbocycles. The average molecular weight is 480 g/mol. The van der Waals surface area contributed by atoms with Gasteiger partial charge in [0.1, 0.15) is 5.01 Å². The van der Waals surface area contributed by atoms with E-state index >= 15 is 0 Å². The van der Waals surface area contributed by atoms with Crippen LogP contribution < -0.4 is 5.32 Å². The maximum absolute atomic E-state index is 6.04. The van der Waals surface area contributed by atoms with Gasteiger partial charge in [-0.1, -0.05) is 0 Å². The van der Waals surface area contributed by atoms with Gasteiger partial charge in [-0.15, -0.1) is 35.3 Å². The van der Waals surface area contributed by atoms with E-state index in [9.17, 15) is 0 Å². The summed E-state index contributed by atoms with van der Waals surface area (Å²) in [6.07, 6.45) is 7.00. The summed E-state index contributed by atoms with van der Waals surface area (Å²) >= 11 is 1.73. The first-order valence-electron chi connectivity index (χ1n) is 8.84. The summed E-state index contributed by atoms with van der Waals surface area (Å²) in [6, 6.07) is 0. The van der Waals surface area contributed by atoms with Crippen molar-refractivity contribution in [2.45, 2.75) is 51.4 Å². The molecule has 8 heteroatoms. The molecule has 1 aromatic rings. The Hall–Kier alpha value is -0.450. The number of hydrogen-bond donors (Lipinski definition) is 1. The van der Waals surface area contributed by atoms with Gasteiger partial charge in [-0.25, -0.2) is 4.98 Å². The number of aromatic nitrogens is 1. The fourth-order valence-electron chi connectivity index (χ4n) is 3.22. The van der Waals surface area contributed by atoms with E-state index in [1.807, 2.05) is 13.2 Å². The number of rotatable bonds is 5. The molecule has 2 saturated heterocycles. The molecule has 2 fully saturated rings. The molecule has 1 unspecified atom stereocenters. The zero-order chi connectivity index (χ0) is 16.8. The molecule has 25 heavy (non-hydrogen) atoms. The fourth-order valence-corrected chi connectivity index (χ4v) is 3.95. The van der Waals surface area contributed by atoms with E-state index in [0.717, 1.165) is 63.1 Å². The van der Waals surface area contributed by atoms with E-state index in [1.54, 1.807) is 11.3 Å². The van der Waals surface area contributed by atoms with Gasteiger partial charge >= 0.3 is 0 Å². The second-order valence-corrected chi connectivity index (χ2v) is 7.74. The van der Waals surface area contributed by atoms with Crippen LogP contribution in [0.4, 0.5) is 0 Å². The molecular formula is C17H29IN4O2S. The Bertz CT molecular complexity index is 541. The zero-order valence-electron chi connectivity index (χ0n) is 15.1. The smallest absolute Gasteiger partial charge is 0.193 e. The largest absolute Gasteiger partial charge is 0.376 e. The van der Waals surface area contributed by atoms with Crippen molar-refractivity contribution in [3.05, 3.63) is 16.1 Å². The molecule has 3 rings (SSSR count). The second-order valence-electron chi connectivity index (χ2n) is 6.42. The van der Waals surface area contributed by atoms with Crippen LogP contribution in [-0.4, -0.2) is 61.4 Å². The highest BCUT2D eigenvalue weighted by Gasteiger charge is 2.24. The van der Waals surface area contributed by atoms with Gasteiger partial charge in [0.15, 0.2) is 5.96 Å². The molecule has 1 atom stereocenters. The van der Waals surface area contributed by atoms with E-state index in [-0.39, 0.29) is 24.0 Å². The molecule has 6 nitrogen and oxygen atoms in total. The van der Waals surface area contributed by atoms with Gasteiger partial charge in [0, 0.05) is 37.8 Å². The van der Waals surface area contributed by atoms with Gasteiger partial charge in [-0.2, -0.15) is 0 Å². The predicted molar refractivity (Wildman–Crippen MR) is 112 cm³/mol. The van der Waals surface area contributed by atoms with Crippen LogP contribution in [0, 0.1) is 6.92 Å². The molecule has 0 spiro atoms. The van der Waals surface area contributed by atoms with Crippen LogP contribution in [-0.2, 0) is 16.0 Å². The Morgan fingerprint density at radius 2 is 2.24 bits per heavy atom. The van der Waals surface area contributed by atoms with Gasteiger partial charge in [0.2, 0.25) is 0 Å². The Balaban J connectivity index is 0.00000225. The van der Waals surface area contributed by atoms with Gasteiger partial charge in [0.05, 0.1) is 25.4 Å². The Labute approximate surface area is 171 Å². The van der Waals surface area contributed by atoms with Crippen molar-refractivity contribution in [2.75, 3.05) is 33.4 Å². The van der Waals surface area contributed by atoms with Crippen LogP contribution in [0.2, 0.25) is 0 Å². The van der Waals surface area contributed by atoms with Crippen molar-refractivity contribution in [1.82, 2.24) is 15.2 Å². The van der Waals surface area contributed by atoms with Crippen molar-refractivity contribution >= 4 is 41.3 Å². The van der Waals surface area contributed by atoms with Crippen LogP contribution >= 0.6 is 35.3 Å². The predicted octanol–water partition coefficient (Wildman–Crippen LogP) is 2.80. The molecule has 1 aromatic heterocycles. The first-order chi connectivity index (χ1) is 11.7. The van der Waals surface area contributed by atoms with Crippen molar-refractivity contribution in [2.24, 2.45) is 4.99 Å². The molecule has 0 aliphatic carbocycles. The molecule has 0 radical (unpaired) electrons. The quantitative estimate of drug-likeness (QED) is 0.399. The monoisotopic (exact) mass is 480 g/mol. The summed E-state index contributed by atoms with van der Waals surface area (Å²) in [7, 11) is 1.84. The highest BCUT2D eigenvalue weighted by molar-refractivity contribution is 14.0. The third kappa shape index (κ3) is 6.33. The normalized spacial score (nSPS) is 22.1. The van der Waals surface area contributed by atoms with Crippen LogP contribution in [0.3, 0.4) is 0 Å². The summed E-state index contributed by atoms with van der Waals surface area (Å²) < 4.78 is 11.7. The number of thiazole rings is 1. The minimum atomic E-state index is 0. The summed E-state index contributed by atoms with van der Waals surface area (Å²) in [4.78, 5) is 12.4. The van der Waals surface area contributed by atoms with E-state index in [2.05, 4.69) is 27.1 Å². The lowest BCUT2D eigenvalue weighted by molar-refractivity contribution is -0.0367. The number of guanidine groups is 1. The average Bonchev–Trinajstić information content (AvgIpc) is 3.26. The molecular weight excluding hydrogens is 451 g/mol. The highest BCUT2D eigenvalue weighted by Crippen LogP contribution is 2.18. The van der Waals surface area contributed by atoms with E-state index in [0.29, 0.717) is 12.2 Å². The standard InChI is InChI=1S/C17H28N4O2S.HI/c1-13-10-19-16(24-13)11-20-17(18-2)21-7-5-14(6-8-21)23-12-15-4-3-9-22-15;/h10,14-15H,3-9,11-12H2,1-2H3,(H,18,20);1H. The first kappa shape index (κ1) is 20.9. The minimum absolute atomic E-state index is 0. The molecule has 0 aromatic carbocycles. The SMILES string of the molecule is CN=C(NCc1ncc(C)s1)N1CCC(OCC2CCCO2)CC1.I. The third-order valence-corrected chi connectivity index (χ3v) is 5.47. The number of piperidine rings is 1. The molecule has 2 aliphatic heterocycles. The van der Waals surface area contributed by atoms with Gasteiger partial charge in [-0.05, 0) is 32.6 Å². The van der Waals surface area contributed by atoms with Crippen LogP contribution in [0.5, 0.6) is 0 Å². The van der Waals surface area contributed by atoms with Crippen LogP contribution in [0.15, 0.2) is 11.2 Å². The van der Waals surface area contributed by atoms with Gasteiger partial charge in [0.25, 0.3) is 0 Å². The second kappa shape index (κ2) is 10.6.